The standard InChI is InChI=1S/C26H25N3O7/c1-33-26(32)25-19-7-9-28(23(30)13-17-5-6-20-21(12-17)36-16-35-20)10-11-29(19)24(31)14-22(25)34-15-18-4-2-3-8-27-18/h2-6,8,12,14H,7,9-11,13,15-16H2,1H3. The molecule has 2 aromatic heterocycles. The molecular weight excluding hydrogens is 466 g/mol. The molecule has 2 aliphatic heterocycles. The van der Waals surface area contributed by atoms with Crippen LogP contribution in [0.2, 0.25) is 0 Å². The predicted octanol–water partition coefficient (Wildman–Crippen LogP) is 1.96. The first-order chi connectivity index (χ1) is 17.5. The van der Waals surface area contributed by atoms with Crippen LogP contribution in [-0.2, 0) is 35.5 Å². The Hall–Kier alpha value is -4.34. The molecular formula is C26H25N3O7. The number of fused-ring (bicyclic) bond motifs is 2. The van der Waals surface area contributed by atoms with Crippen LogP contribution in [0.5, 0.6) is 17.2 Å². The molecule has 10 nitrogen and oxygen atoms in total. The molecule has 0 atom stereocenters. The Balaban J connectivity index is 1.36. The van der Waals surface area contributed by atoms with Gasteiger partial charge < -0.3 is 28.4 Å². The van der Waals surface area contributed by atoms with Gasteiger partial charge in [-0.2, -0.15) is 0 Å². The molecule has 0 spiro atoms. The predicted molar refractivity (Wildman–Crippen MR) is 127 cm³/mol. The van der Waals surface area contributed by atoms with Gasteiger partial charge in [0.1, 0.15) is 17.9 Å². The first-order valence-corrected chi connectivity index (χ1v) is 11.6. The van der Waals surface area contributed by atoms with Crippen molar-refractivity contribution in [2.45, 2.75) is 26.0 Å². The molecule has 2 aliphatic rings. The second-order valence-corrected chi connectivity index (χ2v) is 8.42. The molecule has 4 heterocycles. The Morgan fingerprint density at radius 3 is 2.72 bits per heavy atom. The molecule has 0 fully saturated rings. The highest BCUT2D eigenvalue weighted by atomic mass is 16.7. The molecule has 186 valence electrons. The fraction of sp³-hybridized carbons (Fsp3) is 0.308. The van der Waals surface area contributed by atoms with E-state index in [1.54, 1.807) is 35.4 Å². The highest BCUT2D eigenvalue weighted by Gasteiger charge is 2.27. The molecule has 0 N–H and O–H groups in total. The van der Waals surface area contributed by atoms with Crippen molar-refractivity contribution >= 4 is 11.9 Å². The average Bonchev–Trinajstić information content (AvgIpc) is 3.24. The van der Waals surface area contributed by atoms with E-state index in [2.05, 4.69) is 4.98 Å². The number of nitrogens with zero attached hydrogens (tertiary/aromatic N) is 3. The van der Waals surface area contributed by atoms with E-state index in [9.17, 15) is 14.4 Å². The number of amides is 1. The highest BCUT2D eigenvalue weighted by Crippen LogP contribution is 2.33. The molecule has 0 saturated carbocycles. The van der Waals surface area contributed by atoms with Crippen molar-refractivity contribution in [1.82, 2.24) is 14.5 Å². The summed E-state index contributed by atoms with van der Waals surface area (Å²) in [7, 11) is 1.28. The second kappa shape index (κ2) is 10.1. The lowest BCUT2D eigenvalue weighted by atomic mass is 10.1. The van der Waals surface area contributed by atoms with Gasteiger partial charge in [0.25, 0.3) is 5.56 Å². The Kier molecular flexibility index (Phi) is 6.57. The Morgan fingerprint density at radius 1 is 1.06 bits per heavy atom. The monoisotopic (exact) mass is 491 g/mol. The van der Waals surface area contributed by atoms with Gasteiger partial charge in [-0.15, -0.1) is 0 Å². The average molecular weight is 492 g/mol. The fourth-order valence-corrected chi connectivity index (χ4v) is 4.41. The molecule has 10 heteroatoms. The van der Waals surface area contributed by atoms with E-state index in [0.717, 1.165) is 5.56 Å². The van der Waals surface area contributed by atoms with Crippen molar-refractivity contribution in [2.24, 2.45) is 0 Å². The third kappa shape index (κ3) is 4.74. The van der Waals surface area contributed by atoms with E-state index >= 15 is 0 Å². The van der Waals surface area contributed by atoms with Gasteiger partial charge in [-0.05, 0) is 29.8 Å². The Bertz CT molecular complexity index is 1350. The number of hydrogen-bond donors (Lipinski definition) is 0. The lowest BCUT2D eigenvalue weighted by Crippen LogP contribution is -2.35. The third-order valence-corrected chi connectivity index (χ3v) is 6.23. The number of aromatic nitrogens is 2. The number of pyridine rings is 2. The van der Waals surface area contributed by atoms with Crippen molar-refractivity contribution < 1.29 is 28.5 Å². The van der Waals surface area contributed by atoms with Crippen molar-refractivity contribution in [1.29, 1.82) is 0 Å². The van der Waals surface area contributed by atoms with E-state index in [0.29, 0.717) is 42.4 Å². The number of carbonyl (C=O) groups is 2. The van der Waals surface area contributed by atoms with Crippen LogP contribution >= 0.6 is 0 Å². The van der Waals surface area contributed by atoms with E-state index < -0.39 is 5.97 Å². The van der Waals surface area contributed by atoms with Gasteiger partial charge in [-0.25, -0.2) is 4.79 Å². The first kappa shape index (κ1) is 23.4. The number of ether oxygens (including phenoxy) is 4. The second-order valence-electron chi connectivity index (χ2n) is 8.42. The quantitative estimate of drug-likeness (QED) is 0.482. The van der Waals surface area contributed by atoms with Crippen molar-refractivity contribution in [3.63, 3.8) is 0 Å². The van der Waals surface area contributed by atoms with Gasteiger partial charge in [-0.3, -0.25) is 14.6 Å². The van der Waals surface area contributed by atoms with Crippen LogP contribution in [0, 0.1) is 0 Å². The molecule has 0 unspecified atom stereocenters. The van der Waals surface area contributed by atoms with Gasteiger partial charge in [-0.1, -0.05) is 12.1 Å². The van der Waals surface area contributed by atoms with Crippen LogP contribution in [0.3, 0.4) is 0 Å². The minimum atomic E-state index is -0.602. The first-order valence-electron chi connectivity index (χ1n) is 11.6. The molecule has 36 heavy (non-hydrogen) atoms. The topological polar surface area (TPSA) is 109 Å². The summed E-state index contributed by atoms with van der Waals surface area (Å²) < 4.78 is 23.1. The van der Waals surface area contributed by atoms with Crippen LogP contribution in [-0.4, -0.2) is 53.3 Å². The maximum absolute atomic E-state index is 13.1. The maximum Gasteiger partial charge on any atom is 0.343 e. The largest absolute Gasteiger partial charge is 0.486 e. The lowest BCUT2D eigenvalue weighted by Gasteiger charge is -2.20. The number of esters is 1. The molecule has 0 bridgehead atoms. The number of rotatable bonds is 6. The summed E-state index contributed by atoms with van der Waals surface area (Å²) in [6.07, 6.45) is 2.12. The van der Waals surface area contributed by atoms with Crippen LogP contribution in [0.1, 0.15) is 27.3 Å². The molecule has 0 radical (unpaired) electrons. The zero-order chi connectivity index (χ0) is 25.1. The Morgan fingerprint density at radius 2 is 1.92 bits per heavy atom. The molecule has 5 rings (SSSR count). The van der Waals surface area contributed by atoms with Crippen molar-refractivity contribution in [3.8, 4) is 17.2 Å². The van der Waals surface area contributed by atoms with E-state index in [-0.39, 0.29) is 49.1 Å². The minimum absolute atomic E-state index is 0.0824. The van der Waals surface area contributed by atoms with E-state index in [1.807, 2.05) is 12.1 Å². The van der Waals surface area contributed by atoms with Gasteiger partial charge >= 0.3 is 5.97 Å². The summed E-state index contributed by atoms with van der Waals surface area (Å²) in [6.45, 7) is 1.20. The normalized spacial score (nSPS) is 14.1. The Labute approximate surface area is 207 Å². The fourth-order valence-electron chi connectivity index (χ4n) is 4.41. The van der Waals surface area contributed by atoms with Crippen LogP contribution in [0.15, 0.2) is 53.5 Å². The van der Waals surface area contributed by atoms with Crippen molar-refractivity contribution in [2.75, 3.05) is 27.0 Å². The van der Waals surface area contributed by atoms with Crippen LogP contribution in [0.25, 0.3) is 0 Å². The smallest absolute Gasteiger partial charge is 0.343 e. The molecule has 1 amide bonds. The zero-order valence-corrected chi connectivity index (χ0v) is 19.8. The lowest BCUT2D eigenvalue weighted by molar-refractivity contribution is -0.130. The van der Waals surface area contributed by atoms with Crippen LogP contribution < -0.4 is 19.8 Å². The summed E-state index contributed by atoms with van der Waals surface area (Å²) in [5.41, 5.74) is 1.84. The van der Waals surface area contributed by atoms with Gasteiger partial charge in [0.15, 0.2) is 11.5 Å². The maximum atomic E-state index is 13.1. The summed E-state index contributed by atoms with van der Waals surface area (Å²) >= 11 is 0. The molecule has 3 aromatic rings. The summed E-state index contributed by atoms with van der Waals surface area (Å²) in [4.78, 5) is 44.7. The SMILES string of the molecule is COC(=O)c1c(OCc2ccccn2)cc(=O)n2c1CCN(C(=O)Cc1ccc3c(c1)OCO3)CC2. The van der Waals surface area contributed by atoms with Gasteiger partial charge in [0.2, 0.25) is 12.7 Å². The third-order valence-electron chi connectivity index (χ3n) is 6.23. The summed E-state index contributed by atoms with van der Waals surface area (Å²) in [5, 5.41) is 0. The summed E-state index contributed by atoms with van der Waals surface area (Å²) in [5.74, 6) is 0.739. The highest BCUT2D eigenvalue weighted by molar-refractivity contribution is 5.93. The number of methoxy groups -OCH3 is 1. The van der Waals surface area contributed by atoms with Crippen LogP contribution in [0.4, 0.5) is 0 Å². The van der Waals surface area contributed by atoms with Gasteiger partial charge in [0, 0.05) is 44.0 Å². The number of benzene rings is 1. The number of hydrogen-bond acceptors (Lipinski definition) is 8. The van der Waals surface area contributed by atoms with E-state index in [4.69, 9.17) is 18.9 Å². The van der Waals surface area contributed by atoms with Gasteiger partial charge in [0.05, 0.1) is 19.2 Å². The van der Waals surface area contributed by atoms with Crippen molar-refractivity contribution in [3.05, 3.63) is 81.5 Å². The zero-order valence-electron chi connectivity index (χ0n) is 19.8. The minimum Gasteiger partial charge on any atom is -0.486 e. The molecule has 1 aromatic carbocycles. The van der Waals surface area contributed by atoms with E-state index in [1.165, 1.54) is 17.7 Å². The number of carbonyl (C=O) groups excluding carboxylic acids is 2. The molecule has 0 saturated heterocycles. The summed E-state index contributed by atoms with van der Waals surface area (Å²) in [6, 6.07) is 12.1. The molecule has 0 aliphatic carbocycles.